The Morgan fingerprint density at radius 2 is 2.07 bits per heavy atom. The maximum atomic E-state index is 12.6. The van der Waals surface area contributed by atoms with Crippen LogP contribution in [0.3, 0.4) is 0 Å². The molecule has 2 aromatic heterocycles. The molecule has 0 aliphatic heterocycles. The van der Waals surface area contributed by atoms with Gasteiger partial charge >= 0.3 is 6.03 Å². The van der Waals surface area contributed by atoms with Gasteiger partial charge in [0.1, 0.15) is 18.3 Å². The number of benzene rings is 1. The second-order valence-corrected chi connectivity index (χ2v) is 5.94. The number of nitrogens with one attached hydrogen (secondary N) is 1. The van der Waals surface area contributed by atoms with Crippen molar-refractivity contribution in [2.45, 2.75) is 19.9 Å². The summed E-state index contributed by atoms with van der Waals surface area (Å²) in [5.41, 5.74) is 2.46. The molecule has 0 aliphatic carbocycles. The van der Waals surface area contributed by atoms with Crippen LogP contribution in [0.5, 0.6) is 5.88 Å². The molecular formula is C19H22N6O2. The zero-order valence-electron chi connectivity index (χ0n) is 15.5. The lowest BCUT2D eigenvalue weighted by molar-refractivity contribution is 0.208. The van der Waals surface area contributed by atoms with Crippen molar-refractivity contribution in [2.24, 2.45) is 0 Å². The van der Waals surface area contributed by atoms with Crippen molar-refractivity contribution in [3.63, 3.8) is 0 Å². The molecule has 1 N–H and O–H groups in total. The summed E-state index contributed by atoms with van der Waals surface area (Å²) in [6.45, 7) is 4.32. The van der Waals surface area contributed by atoms with Gasteiger partial charge < -0.3 is 15.0 Å². The van der Waals surface area contributed by atoms with Gasteiger partial charge in [0, 0.05) is 13.2 Å². The topological polar surface area (TPSA) is 85.2 Å². The van der Waals surface area contributed by atoms with E-state index in [4.69, 9.17) is 4.74 Å². The number of anilines is 1. The Bertz CT molecular complexity index is 879. The number of nitrogens with zero attached hydrogens (tertiary/aromatic N) is 5. The minimum Gasteiger partial charge on any atom is -0.476 e. The van der Waals surface area contributed by atoms with Crippen molar-refractivity contribution in [3.8, 4) is 11.6 Å². The molecule has 0 saturated heterocycles. The van der Waals surface area contributed by atoms with Crippen LogP contribution in [0.25, 0.3) is 5.69 Å². The second-order valence-electron chi connectivity index (χ2n) is 5.94. The zero-order valence-corrected chi connectivity index (χ0v) is 15.5. The average molecular weight is 366 g/mol. The normalized spacial score (nSPS) is 11.7. The Hall–Kier alpha value is -3.42. The summed E-state index contributed by atoms with van der Waals surface area (Å²) in [6, 6.07) is 11.0. The molecule has 0 aliphatic rings. The van der Waals surface area contributed by atoms with E-state index in [0.717, 1.165) is 11.3 Å². The van der Waals surface area contributed by atoms with Gasteiger partial charge in [-0.25, -0.2) is 19.4 Å². The van der Waals surface area contributed by atoms with Gasteiger partial charge in [-0.3, -0.25) is 0 Å². The van der Waals surface area contributed by atoms with E-state index in [1.165, 1.54) is 6.33 Å². The van der Waals surface area contributed by atoms with Gasteiger partial charge in [-0.05, 0) is 43.7 Å². The first-order chi connectivity index (χ1) is 13.1. The summed E-state index contributed by atoms with van der Waals surface area (Å²) >= 11 is 0. The number of amides is 2. The molecule has 8 nitrogen and oxygen atoms in total. The van der Waals surface area contributed by atoms with Crippen LogP contribution in [0.1, 0.15) is 25.5 Å². The number of urea groups is 1. The fraction of sp³-hybridized carbons (Fsp3) is 0.263. The number of hydrogen-bond acceptors (Lipinski definition) is 5. The molecule has 0 unspecified atom stereocenters. The van der Waals surface area contributed by atoms with E-state index in [1.54, 1.807) is 41.3 Å². The highest BCUT2D eigenvalue weighted by Gasteiger charge is 2.19. The van der Waals surface area contributed by atoms with Crippen molar-refractivity contribution in [3.05, 3.63) is 60.8 Å². The van der Waals surface area contributed by atoms with Gasteiger partial charge in [0.15, 0.2) is 0 Å². The van der Waals surface area contributed by atoms with Crippen LogP contribution in [0.15, 0.2) is 55.2 Å². The molecule has 0 spiro atoms. The van der Waals surface area contributed by atoms with Crippen LogP contribution in [0, 0.1) is 0 Å². The van der Waals surface area contributed by atoms with E-state index in [-0.39, 0.29) is 12.1 Å². The van der Waals surface area contributed by atoms with Gasteiger partial charge in [-0.1, -0.05) is 12.1 Å². The van der Waals surface area contributed by atoms with E-state index in [2.05, 4.69) is 20.4 Å². The first-order valence-corrected chi connectivity index (χ1v) is 8.66. The number of pyridine rings is 1. The molecule has 27 heavy (non-hydrogen) atoms. The molecule has 0 bridgehead atoms. The van der Waals surface area contributed by atoms with Gasteiger partial charge in [0.2, 0.25) is 5.88 Å². The Labute approximate surface area is 157 Å². The van der Waals surface area contributed by atoms with Crippen LogP contribution in [0.2, 0.25) is 0 Å². The molecule has 2 heterocycles. The summed E-state index contributed by atoms with van der Waals surface area (Å²) in [6.07, 6.45) is 4.76. The van der Waals surface area contributed by atoms with E-state index >= 15 is 0 Å². The molecule has 1 aromatic carbocycles. The van der Waals surface area contributed by atoms with Crippen LogP contribution < -0.4 is 10.1 Å². The third-order valence-electron chi connectivity index (χ3n) is 4.25. The monoisotopic (exact) mass is 366 g/mol. The third-order valence-corrected chi connectivity index (χ3v) is 4.25. The number of carbonyl (C=O) groups is 1. The molecule has 0 saturated carbocycles. The highest BCUT2D eigenvalue weighted by Crippen LogP contribution is 2.24. The molecule has 0 radical (unpaired) electrons. The van der Waals surface area contributed by atoms with Crippen molar-refractivity contribution in [2.75, 3.05) is 19.0 Å². The Kier molecular flexibility index (Phi) is 5.65. The van der Waals surface area contributed by atoms with Crippen LogP contribution in [0.4, 0.5) is 10.5 Å². The smallest absolute Gasteiger partial charge is 0.322 e. The fourth-order valence-electron chi connectivity index (χ4n) is 2.59. The Morgan fingerprint density at radius 3 is 2.74 bits per heavy atom. The molecule has 3 aromatic rings. The van der Waals surface area contributed by atoms with Crippen molar-refractivity contribution < 1.29 is 9.53 Å². The first-order valence-electron chi connectivity index (χ1n) is 8.66. The average Bonchev–Trinajstić information content (AvgIpc) is 3.23. The molecule has 3 rings (SSSR count). The third kappa shape index (κ3) is 4.22. The van der Waals surface area contributed by atoms with Gasteiger partial charge in [-0.2, -0.15) is 5.10 Å². The maximum absolute atomic E-state index is 12.6. The van der Waals surface area contributed by atoms with Crippen LogP contribution >= 0.6 is 0 Å². The lowest BCUT2D eigenvalue weighted by Gasteiger charge is -2.26. The predicted molar refractivity (Wildman–Crippen MR) is 102 cm³/mol. The van der Waals surface area contributed by atoms with Crippen LogP contribution in [-0.2, 0) is 0 Å². The van der Waals surface area contributed by atoms with Crippen molar-refractivity contribution in [1.29, 1.82) is 0 Å². The highest BCUT2D eigenvalue weighted by molar-refractivity contribution is 5.90. The molecule has 8 heteroatoms. The molecule has 1 atom stereocenters. The van der Waals surface area contributed by atoms with Crippen molar-refractivity contribution >= 4 is 11.7 Å². The lowest BCUT2D eigenvalue weighted by atomic mass is 10.1. The number of carbonyl (C=O) groups excluding carboxylic acids is 1. The largest absolute Gasteiger partial charge is 0.476 e. The minimum atomic E-state index is -0.239. The molecule has 140 valence electrons. The Balaban J connectivity index is 1.69. The number of aromatic nitrogens is 4. The van der Waals surface area contributed by atoms with E-state index < -0.39 is 0 Å². The molecule has 2 amide bonds. The molecule has 0 fully saturated rings. The fourth-order valence-corrected chi connectivity index (χ4v) is 2.59. The Morgan fingerprint density at radius 1 is 1.30 bits per heavy atom. The summed E-state index contributed by atoms with van der Waals surface area (Å²) < 4.78 is 7.14. The molecular weight excluding hydrogens is 344 g/mol. The van der Waals surface area contributed by atoms with E-state index in [1.807, 2.05) is 38.1 Å². The minimum absolute atomic E-state index is 0.123. The summed E-state index contributed by atoms with van der Waals surface area (Å²) in [5, 5.41) is 6.96. The van der Waals surface area contributed by atoms with E-state index in [9.17, 15) is 4.79 Å². The van der Waals surface area contributed by atoms with Crippen LogP contribution in [-0.4, -0.2) is 44.3 Å². The number of ether oxygens (including phenoxy) is 1. The summed E-state index contributed by atoms with van der Waals surface area (Å²) in [7, 11) is 1.75. The zero-order chi connectivity index (χ0) is 19.2. The van der Waals surface area contributed by atoms with Gasteiger partial charge in [0.25, 0.3) is 0 Å². The van der Waals surface area contributed by atoms with E-state index in [0.29, 0.717) is 18.2 Å². The summed E-state index contributed by atoms with van der Waals surface area (Å²) in [5.74, 6) is 0.409. The van der Waals surface area contributed by atoms with Gasteiger partial charge in [-0.15, -0.1) is 0 Å². The first kappa shape index (κ1) is 18.4. The lowest BCUT2D eigenvalue weighted by Crippen LogP contribution is -2.33. The van der Waals surface area contributed by atoms with Gasteiger partial charge in [0.05, 0.1) is 18.3 Å². The number of hydrogen-bond donors (Lipinski definition) is 1. The second kappa shape index (κ2) is 8.31. The SMILES string of the molecule is CCOc1ncccc1NC(=O)N(C)[C@@H](C)c1ccc(-n2cncn2)cc1. The standard InChI is InChI=1S/C19H22N6O2/c1-4-27-18-17(6-5-11-21-18)23-19(26)24(3)14(2)15-7-9-16(10-8-15)25-13-20-12-22-25/h5-14H,4H2,1-3H3,(H,23,26)/t14-/m0/s1. The maximum Gasteiger partial charge on any atom is 0.322 e. The predicted octanol–water partition coefficient (Wildman–Crippen LogP) is 3.29. The summed E-state index contributed by atoms with van der Waals surface area (Å²) in [4.78, 5) is 22.4. The number of rotatable bonds is 6. The van der Waals surface area contributed by atoms with Crippen molar-refractivity contribution in [1.82, 2.24) is 24.6 Å². The quantitative estimate of drug-likeness (QED) is 0.723. The highest BCUT2D eigenvalue weighted by atomic mass is 16.5.